The highest BCUT2D eigenvalue weighted by Crippen LogP contribution is 2.05. The molecule has 0 spiro atoms. The van der Waals surface area contributed by atoms with Crippen LogP contribution in [0.5, 0.6) is 0 Å². The van der Waals surface area contributed by atoms with Gasteiger partial charge in [0.25, 0.3) is 0 Å². The van der Waals surface area contributed by atoms with Crippen molar-refractivity contribution in [3.05, 3.63) is 60.2 Å². The van der Waals surface area contributed by atoms with Crippen LogP contribution in [-0.2, 0) is 13.0 Å². The second-order valence-corrected chi connectivity index (χ2v) is 4.53. The number of nitrogens with one attached hydrogen (secondary N) is 1. The molecule has 0 fully saturated rings. The molecule has 4 heteroatoms. The van der Waals surface area contributed by atoms with E-state index in [2.05, 4.69) is 15.3 Å². The van der Waals surface area contributed by atoms with E-state index in [-0.39, 0.29) is 12.5 Å². The average molecular weight is 257 g/mol. The molecule has 0 aliphatic rings. The molecule has 0 aliphatic carbocycles. The predicted molar refractivity (Wildman–Crippen MR) is 74.5 cm³/mol. The Morgan fingerprint density at radius 3 is 2.26 bits per heavy atom. The highest BCUT2D eigenvalue weighted by Gasteiger charge is 2.09. The number of hydrogen-bond donors (Lipinski definition) is 2. The van der Waals surface area contributed by atoms with Crippen LogP contribution >= 0.6 is 0 Å². The van der Waals surface area contributed by atoms with Gasteiger partial charge in [-0.25, -0.2) is 0 Å². The van der Waals surface area contributed by atoms with Crippen LogP contribution in [0.4, 0.5) is 0 Å². The Morgan fingerprint density at radius 1 is 1.00 bits per heavy atom. The number of pyridine rings is 2. The fourth-order valence-electron chi connectivity index (χ4n) is 1.92. The third kappa shape index (κ3) is 4.77. The summed E-state index contributed by atoms with van der Waals surface area (Å²) < 4.78 is 0. The molecule has 0 amide bonds. The van der Waals surface area contributed by atoms with Gasteiger partial charge in [-0.2, -0.15) is 0 Å². The van der Waals surface area contributed by atoms with E-state index in [0.29, 0.717) is 0 Å². The van der Waals surface area contributed by atoms with Gasteiger partial charge in [-0.15, -0.1) is 0 Å². The van der Waals surface area contributed by atoms with Gasteiger partial charge in [-0.05, 0) is 36.6 Å². The first-order valence-electron chi connectivity index (χ1n) is 6.50. The van der Waals surface area contributed by atoms with Crippen molar-refractivity contribution in [3.63, 3.8) is 0 Å². The molecule has 1 unspecified atom stereocenters. The molecule has 0 bridgehead atoms. The summed E-state index contributed by atoms with van der Waals surface area (Å²) >= 11 is 0. The molecule has 19 heavy (non-hydrogen) atoms. The van der Waals surface area contributed by atoms with E-state index in [0.717, 1.165) is 30.9 Å². The quantitative estimate of drug-likeness (QED) is 0.787. The topological polar surface area (TPSA) is 58.0 Å². The summed E-state index contributed by atoms with van der Waals surface area (Å²) in [6.07, 6.45) is 4.35. The Morgan fingerprint density at radius 2 is 1.68 bits per heavy atom. The van der Waals surface area contributed by atoms with Crippen molar-refractivity contribution in [2.45, 2.75) is 13.0 Å². The molecule has 2 N–H and O–H groups in total. The van der Waals surface area contributed by atoms with Gasteiger partial charge in [0, 0.05) is 37.8 Å². The van der Waals surface area contributed by atoms with Crippen LogP contribution in [-0.4, -0.2) is 28.2 Å². The molecule has 2 aromatic heterocycles. The molecule has 4 nitrogen and oxygen atoms in total. The minimum atomic E-state index is 0.159. The van der Waals surface area contributed by atoms with Crippen molar-refractivity contribution in [1.29, 1.82) is 0 Å². The van der Waals surface area contributed by atoms with Crippen LogP contribution in [0, 0.1) is 5.92 Å². The maximum Gasteiger partial charge on any atom is 0.0541 e. The number of rotatable bonds is 7. The first-order valence-corrected chi connectivity index (χ1v) is 6.50. The van der Waals surface area contributed by atoms with E-state index in [1.807, 2.05) is 36.4 Å². The summed E-state index contributed by atoms with van der Waals surface area (Å²) in [6, 6.07) is 11.7. The average Bonchev–Trinajstić information content (AvgIpc) is 2.48. The lowest BCUT2D eigenvalue weighted by Gasteiger charge is -2.14. The molecular formula is C15H19N3O. The Labute approximate surface area is 113 Å². The van der Waals surface area contributed by atoms with Crippen molar-refractivity contribution in [2.75, 3.05) is 13.2 Å². The number of aliphatic hydroxyl groups excluding tert-OH is 1. The number of hydrogen-bond acceptors (Lipinski definition) is 4. The lowest BCUT2D eigenvalue weighted by molar-refractivity contribution is 0.220. The highest BCUT2D eigenvalue weighted by atomic mass is 16.3. The van der Waals surface area contributed by atoms with Crippen molar-refractivity contribution < 1.29 is 5.11 Å². The number of nitrogens with zero attached hydrogens (tertiary/aromatic N) is 2. The molecule has 0 saturated carbocycles. The summed E-state index contributed by atoms with van der Waals surface area (Å²) in [5.41, 5.74) is 2.03. The van der Waals surface area contributed by atoms with Crippen LogP contribution < -0.4 is 5.32 Å². The Kier molecular flexibility index (Phi) is 5.47. The molecule has 0 saturated heterocycles. The van der Waals surface area contributed by atoms with Crippen LogP contribution in [0.1, 0.15) is 11.4 Å². The molecule has 0 aliphatic heterocycles. The lowest BCUT2D eigenvalue weighted by Crippen LogP contribution is -2.27. The van der Waals surface area contributed by atoms with Gasteiger partial charge in [0.15, 0.2) is 0 Å². The van der Waals surface area contributed by atoms with Gasteiger partial charge in [0.05, 0.1) is 5.69 Å². The Balaban J connectivity index is 1.77. The van der Waals surface area contributed by atoms with Gasteiger partial charge in [-0.3, -0.25) is 9.97 Å². The minimum absolute atomic E-state index is 0.159. The molecule has 0 aromatic carbocycles. The highest BCUT2D eigenvalue weighted by molar-refractivity contribution is 5.05. The van der Waals surface area contributed by atoms with E-state index in [1.54, 1.807) is 12.4 Å². The number of aliphatic hydroxyl groups is 1. The fourth-order valence-corrected chi connectivity index (χ4v) is 1.92. The largest absolute Gasteiger partial charge is 0.396 e. The lowest BCUT2D eigenvalue weighted by atomic mass is 10.0. The van der Waals surface area contributed by atoms with Crippen molar-refractivity contribution in [3.8, 4) is 0 Å². The third-order valence-electron chi connectivity index (χ3n) is 2.95. The molecule has 2 aromatic rings. The number of aromatic nitrogens is 2. The van der Waals surface area contributed by atoms with Gasteiger partial charge in [0.1, 0.15) is 0 Å². The zero-order valence-electron chi connectivity index (χ0n) is 10.9. The monoisotopic (exact) mass is 257 g/mol. The van der Waals surface area contributed by atoms with Crippen LogP contribution in [0.3, 0.4) is 0 Å². The van der Waals surface area contributed by atoms with Gasteiger partial charge in [0.2, 0.25) is 0 Å². The van der Waals surface area contributed by atoms with Crippen LogP contribution in [0.2, 0.25) is 0 Å². The zero-order chi connectivity index (χ0) is 13.3. The Bertz CT molecular complexity index is 461. The second-order valence-electron chi connectivity index (χ2n) is 4.53. The van der Waals surface area contributed by atoms with E-state index < -0.39 is 0 Å². The summed E-state index contributed by atoms with van der Waals surface area (Å²) in [4.78, 5) is 8.53. The van der Waals surface area contributed by atoms with E-state index in [1.165, 1.54) is 0 Å². The molecule has 1 atom stereocenters. The van der Waals surface area contributed by atoms with E-state index >= 15 is 0 Å². The fraction of sp³-hybridized carbons (Fsp3) is 0.333. The van der Waals surface area contributed by atoms with Crippen molar-refractivity contribution in [1.82, 2.24) is 15.3 Å². The van der Waals surface area contributed by atoms with E-state index in [9.17, 15) is 5.11 Å². The zero-order valence-corrected chi connectivity index (χ0v) is 10.9. The third-order valence-corrected chi connectivity index (χ3v) is 2.95. The van der Waals surface area contributed by atoms with Crippen molar-refractivity contribution >= 4 is 0 Å². The van der Waals surface area contributed by atoms with Crippen LogP contribution in [0.15, 0.2) is 48.8 Å². The van der Waals surface area contributed by atoms with E-state index in [4.69, 9.17) is 0 Å². The standard InChI is InChI=1S/C15H19N3O/c19-12-13(9-14-5-1-3-7-17-14)10-16-11-15-6-2-4-8-18-15/h1-8,13,16,19H,9-12H2. The predicted octanol–water partition coefficient (Wildman–Crippen LogP) is 1.42. The first-order chi connectivity index (χ1) is 9.38. The van der Waals surface area contributed by atoms with Gasteiger partial charge >= 0.3 is 0 Å². The SMILES string of the molecule is OCC(CNCc1ccccn1)Cc1ccccn1. The van der Waals surface area contributed by atoms with Gasteiger partial charge in [-0.1, -0.05) is 12.1 Å². The smallest absolute Gasteiger partial charge is 0.0541 e. The molecule has 2 rings (SSSR count). The summed E-state index contributed by atoms with van der Waals surface area (Å²) in [6.45, 7) is 1.63. The van der Waals surface area contributed by atoms with Crippen molar-refractivity contribution in [2.24, 2.45) is 5.92 Å². The summed E-state index contributed by atoms with van der Waals surface area (Å²) in [7, 11) is 0. The van der Waals surface area contributed by atoms with Gasteiger partial charge < -0.3 is 10.4 Å². The molecule has 100 valence electrons. The minimum Gasteiger partial charge on any atom is -0.396 e. The normalized spacial score (nSPS) is 12.3. The second kappa shape index (κ2) is 7.61. The molecule has 0 radical (unpaired) electrons. The first kappa shape index (κ1) is 13.6. The maximum atomic E-state index is 9.40. The van der Waals surface area contributed by atoms with Crippen LogP contribution in [0.25, 0.3) is 0 Å². The molecular weight excluding hydrogens is 238 g/mol. The summed E-state index contributed by atoms with van der Waals surface area (Å²) in [5, 5.41) is 12.7. The maximum absolute atomic E-state index is 9.40. The summed E-state index contributed by atoms with van der Waals surface area (Å²) in [5.74, 6) is 0.179. The Hall–Kier alpha value is -1.78. The molecule has 2 heterocycles.